The summed E-state index contributed by atoms with van der Waals surface area (Å²) in [4.78, 5) is 12.1. The van der Waals surface area contributed by atoms with Gasteiger partial charge in [0.05, 0.1) is 12.9 Å². The molecule has 2 atom stereocenters. The van der Waals surface area contributed by atoms with Crippen molar-refractivity contribution in [1.29, 1.82) is 0 Å². The van der Waals surface area contributed by atoms with Crippen molar-refractivity contribution in [2.45, 2.75) is 52.0 Å². The van der Waals surface area contributed by atoms with Gasteiger partial charge in [0.15, 0.2) is 0 Å². The lowest BCUT2D eigenvalue weighted by Crippen LogP contribution is -2.33. The van der Waals surface area contributed by atoms with Gasteiger partial charge in [-0.25, -0.2) is 0 Å². The standard InChI is InChI=1S/C16H25NO3/c1-16(2)7-3-5-12(10-16)9-15(19)17-13(11-18)14-6-4-8-20-14/h4,6,8,12-13,18H,3,5,7,9-11H2,1-2H3,(H,17,19). The largest absolute Gasteiger partial charge is 0.467 e. The number of carbonyl (C=O) groups is 1. The van der Waals surface area contributed by atoms with E-state index < -0.39 is 6.04 Å². The van der Waals surface area contributed by atoms with Gasteiger partial charge in [0, 0.05) is 6.42 Å². The van der Waals surface area contributed by atoms with Crippen molar-refractivity contribution in [2.75, 3.05) is 6.61 Å². The number of carbonyl (C=O) groups excluding carboxylic acids is 1. The summed E-state index contributed by atoms with van der Waals surface area (Å²) in [5.41, 5.74) is 0.348. The Bertz CT molecular complexity index is 425. The molecule has 4 nitrogen and oxygen atoms in total. The van der Waals surface area contributed by atoms with Crippen LogP contribution < -0.4 is 5.32 Å². The second kappa shape index (κ2) is 6.44. The van der Waals surface area contributed by atoms with Crippen LogP contribution in [0, 0.1) is 11.3 Å². The van der Waals surface area contributed by atoms with Gasteiger partial charge in [-0.3, -0.25) is 4.79 Å². The Kier molecular flexibility index (Phi) is 4.86. The maximum atomic E-state index is 12.1. The van der Waals surface area contributed by atoms with E-state index in [0.717, 1.165) is 12.8 Å². The average molecular weight is 279 g/mol. The zero-order chi connectivity index (χ0) is 14.6. The van der Waals surface area contributed by atoms with E-state index in [1.807, 2.05) is 0 Å². The highest BCUT2D eigenvalue weighted by molar-refractivity contribution is 5.76. The molecule has 1 amide bonds. The van der Waals surface area contributed by atoms with Gasteiger partial charge in [-0.05, 0) is 42.7 Å². The lowest BCUT2D eigenvalue weighted by molar-refractivity contribution is -0.123. The summed E-state index contributed by atoms with van der Waals surface area (Å²) in [7, 11) is 0. The van der Waals surface area contributed by atoms with Crippen molar-refractivity contribution >= 4 is 5.91 Å². The highest BCUT2D eigenvalue weighted by Crippen LogP contribution is 2.39. The summed E-state index contributed by atoms with van der Waals surface area (Å²) >= 11 is 0. The van der Waals surface area contributed by atoms with Crippen molar-refractivity contribution in [1.82, 2.24) is 5.32 Å². The normalized spacial score (nSPS) is 23.2. The summed E-state index contributed by atoms with van der Waals surface area (Å²) in [6.07, 6.45) is 6.77. The number of rotatable bonds is 5. The number of hydrogen-bond acceptors (Lipinski definition) is 3. The summed E-state index contributed by atoms with van der Waals surface area (Å²) in [6.45, 7) is 4.41. The molecule has 2 rings (SSSR count). The van der Waals surface area contributed by atoms with Crippen LogP contribution in [-0.2, 0) is 4.79 Å². The molecule has 20 heavy (non-hydrogen) atoms. The van der Waals surface area contributed by atoms with Crippen LogP contribution in [0.3, 0.4) is 0 Å². The van der Waals surface area contributed by atoms with E-state index in [4.69, 9.17) is 4.42 Å². The van der Waals surface area contributed by atoms with Crippen molar-refractivity contribution in [3.63, 3.8) is 0 Å². The van der Waals surface area contributed by atoms with E-state index in [2.05, 4.69) is 19.2 Å². The van der Waals surface area contributed by atoms with Gasteiger partial charge in [0.2, 0.25) is 5.91 Å². The Hall–Kier alpha value is -1.29. The summed E-state index contributed by atoms with van der Waals surface area (Å²) < 4.78 is 5.24. The highest BCUT2D eigenvalue weighted by Gasteiger charge is 2.29. The molecule has 0 spiro atoms. The minimum absolute atomic E-state index is 0.00292. The molecule has 1 aliphatic carbocycles. The van der Waals surface area contributed by atoms with Crippen LogP contribution in [-0.4, -0.2) is 17.6 Å². The Morgan fingerprint density at radius 1 is 1.60 bits per heavy atom. The van der Waals surface area contributed by atoms with Gasteiger partial charge in [-0.1, -0.05) is 20.3 Å². The molecular weight excluding hydrogens is 254 g/mol. The second-order valence-corrected chi connectivity index (χ2v) is 6.65. The zero-order valence-corrected chi connectivity index (χ0v) is 12.4. The first kappa shape index (κ1) is 15.1. The van der Waals surface area contributed by atoms with Crippen molar-refractivity contribution < 1.29 is 14.3 Å². The minimum atomic E-state index is -0.436. The van der Waals surface area contributed by atoms with Crippen LogP contribution in [0.15, 0.2) is 22.8 Å². The molecule has 1 fully saturated rings. The molecule has 1 aromatic rings. The molecule has 0 radical (unpaired) electrons. The van der Waals surface area contributed by atoms with Crippen molar-refractivity contribution in [2.24, 2.45) is 11.3 Å². The first-order chi connectivity index (χ1) is 9.50. The minimum Gasteiger partial charge on any atom is -0.467 e. The predicted octanol–water partition coefficient (Wildman–Crippen LogP) is 3.04. The fourth-order valence-corrected chi connectivity index (χ4v) is 3.24. The Morgan fingerprint density at radius 3 is 3.00 bits per heavy atom. The molecule has 1 saturated carbocycles. The third-order valence-corrected chi connectivity index (χ3v) is 4.19. The molecule has 1 aliphatic rings. The third kappa shape index (κ3) is 4.10. The maximum absolute atomic E-state index is 12.1. The number of amides is 1. The first-order valence-electron chi connectivity index (χ1n) is 7.44. The Labute approximate surface area is 120 Å². The highest BCUT2D eigenvalue weighted by atomic mass is 16.3. The zero-order valence-electron chi connectivity index (χ0n) is 12.4. The first-order valence-corrected chi connectivity index (χ1v) is 7.44. The van der Waals surface area contributed by atoms with Gasteiger partial charge in [0.1, 0.15) is 11.8 Å². The van der Waals surface area contributed by atoms with Crippen LogP contribution >= 0.6 is 0 Å². The van der Waals surface area contributed by atoms with E-state index in [9.17, 15) is 9.90 Å². The third-order valence-electron chi connectivity index (χ3n) is 4.19. The van der Waals surface area contributed by atoms with Gasteiger partial charge < -0.3 is 14.8 Å². The van der Waals surface area contributed by atoms with Crippen molar-refractivity contribution in [3.8, 4) is 0 Å². The number of hydrogen-bond donors (Lipinski definition) is 2. The lowest BCUT2D eigenvalue weighted by Gasteiger charge is -2.35. The van der Waals surface area contributed by atoms with Crippen LogP contribution in [0.1, 0.15) is 57.8 Å². The number of furan rings is 1. The Morgan fingerprint density at radius 2 is 2.40 bits per heavy atom. The van der Waals surface area contributed by atoms with Gasteiger partial charge >= 0.3 is 0 Å². The molecule has 0 bridgehead atoms. The number of aliphatic hydroxyl groups is 1. The number of aliphatic hydroxyl groups excluding tert-OH is 1. The Balaban J connectivity index is 1.85. The van der Waals surface area contributed by atoms with Crippen LogP contribution in [0.25, 0.3) is 0 Å². The van der Waals surface area contributed by atoms with E-state index in [1.54, 1.807) is 18.4 Å². The van der Waals surface area contributed by atoms with E-state index in [1.165, 1.54) is 12.8 Å². The summed E-state index contributed by atoms with van der Waals surface area (Å²) in [5.74, 6) is 1.06. The fourth-order valence-electron chi connectivity index (χ4n) is 3.24. The van der Waals surface area contributed by atoms with Gasteiger partial charge in [0.25, 0.3) is 0 Å². The summed E-state index contributed by atoms with van der Waals surface area (Å²) in [6, 6.07) is 3.09. The smallest absolute Gasteiger partial charge is 0.220 e. The topological polar surface area (TPSA) is 62.5 Å². The molecule has 4 heteroatoms. The maximum Gasteiger partial charge on any atom is 0.220 e. The predicted molar refractivity (Wildman–Crippen MR) is 77.0 cm³/mol. The molecule has 1 heterocycles. The van der Waals surface area contributed by atoms with E-state index in [0.29, 0.717) is 23.5 Å². The molecule has 0 aliphatic heterocycles. The quantitative estimate of drug-likeness (QED) is 0.871. The SMILES string of the molecule is CC1(C)CCCC(CC(=O)NC(CO)c2ccco2)C1. The monoisotopic (exact) mass is 279 g/mol. The summed E-state index contributed by atoms with van der Waals surface area (Å²) in [5, 5.41) is 12.2. The van der Waals surface area contributed by atoms with Crippen LogP contribution in [0.2, 0.25) is 0 Å². The average Bonchev–Trinajstić information content (AvgIpc) is 2.88. The molecule has 1 aromatic heterocycles. The number of nitrogens with one attached hydrogen (secondary N) is 1. The molecule has 0 aromatic carbocycles. The second-order valence-electron chi connectivity index (χ2n) is 6.65. The molecule has 112 valence electrons. The molecule has 0 saturated heterocycles. The van der Waals surface area contributed by atoms with Gasteiger partial charge in [-0.2, -0.15) is 0 Å². The van der Waals surface area contributed by atoms with E-state index in [-0.39, 0.29) is 12.5 Å². The fraction of sp³-hybridized carbons (Fsp3) is 0.688. The molecule has 2 N–H and O–H groups in total. The van der Waals surface area contributed by atoms with E-state index >= 15 is 0 Å². The molecular formula is C16H25NO3. The van der Waals surface area contributed by atoms with Crippen LogP contribution in [0.5, 0.6) is 0 Å². The van der Waals surface area contributed by atoms with Crippen LogP contribution in [0.4, 0.5) is 0 Å². The van der Waals surface area contributed by atoms with Gasteiger partial charge in [-0.15, -0.1) is 0 Å². The lowest BCUT2D eigenvalue weighted by atomic mass is 9.71. The van der Waals surface area contributed by atoms with Crippen molar-refractivity contribution in [3.05, 3.63) is 24.2 Å². The molecule has 2 unspecified atom stereocenters.